The first-order valence-corrected chi connectivity index (χ1v) is 7.57. The Balaban J connectivity index is 2.58. The first-order chi connectivity index (χ1) is 10.6. The zero-order chi connectivity index (χ0) is 15.9. The summed E-state index contributed by atoms with van der Waals surface area (Å²) in [4.78, 5) is 22.0. The lowest BCUT2D eigenvalue weighted by atomic mass is 10.3. The Morgan fingerprint density at radius 1 is 1.23 bits per heavy atom. The van der Waals surface area contributed by atoms with Gasteiger partial charge in [-0.1, -0.05) is 13.8 Å². The molecule has 116 valence electrons. The molecule has 3 aromatic heterocycles. The smallest absolute Gasteiger partial charge is 0.277 e. The second-order valence-corrected chi connectivity index (χ2v) is 5.30. The van der Waals surface area contributed by atoms with Crippen molar-refractivity contribution in [3.05, 3.63) is 34.0 Å². The molecule has 3 aromatic rings. The van der Waals surface area contributed by atoms with Crippen LogP contribution in [0.15, 0.2) is 16.9 Å². The van der Waals surface area contributed by atoms with E-state index in [2.05, 4.69) is 16.9 Å². The molecule has 0 fully saturated rings. The maximum atomic E-state index is 12.9. The average Bonchev–Trinajstić information content (AvgIpc) is 2.88. The molecule has 6 heteroatoms. The summed E-state index contributed by atoms with van der Waals surface area (Å²) in [5, 5.41) is 0. The van der Waals surface area contributed by atoms with Gasteiger partial charge in [0.2, 0.25) is 5.88 Å². The van der Waals surface area contributed by atoms with E-state index < -0.39 is 0 Å². The minimum atomic E-state index is -0.00832. The van der Waals surface area contributed by atoms with Crippen LogP contribution in [0, 0.1) is 6.92 Å². The second kappa shape index (κ2) is 5.44. The van der Waals surface area contributed by atoms with Crippen molar-refractivity contribution < 1.29 is 4.74 Å². The minimum Gasteiger partial charge on any atom is -0.481 e. The van der Waals surface area contributed by atoms with E-state index in [1.807, 2.05) is 24.3 Å². The zero-order valence-electron chi connectivity index (χ0n) is 13.4. The number of methoxy groups -OCH3 is 1. The number of aromatic nitrogens is 4. The number of rotatable bonds is 4. The van der Waals surface area contributed by atoms with Crippen molar-refractivity contribution in [3.8, 4) is 5.88 Å². The highest BCUT2D eigenvalue weighted by atomic mass is 16.5. The lowest BCUT2D eigenvalue weighted by molar-refractivity contribution is 0.399. The van der Waals surface area contributed by atoms with Gasteiger partial charge in [-0.15, -0.1) is 0 Å². The molecule has 0 bridgehead atoms. The molecule has 0 atom stereocenters. The normalized spacial score (nSPS) is 11.5. The first kappa shape index (κ1) is 14.6. The van der Waals surface area contributed by atoms with Gasteiger partial charge in [0.25, 0.3) is 5.56 Å². The van der Waals surface area contributed by atoms with Gasteiger partial charge in [-0.2, -0.15) is 4.98 Å². The number of pyridine rings is 1. The number of nitrogens with zero attached hydrogens (tertiary/aromatic N) is 4. The van der Waals surface area contributed by atoms with Crippen molar-refractivity contribution in [2.24, 2.45) is 0 Å². The highest BCUT2D eigenvalue weighted by molar-refractivity contribution is 5.77. The van der Waals surface area contributed by atoms with Crippen LogP contribution in [0.25, 0.3) is 16.7 Å². The van der Waals surface area contributed by atoms with Crippen molar-refractivity contribution in [1.82, 2.24) is 18.9 Å². The molecular formula is C16H20N4O2. The monoisotopic (exact) mass is 300 g/mol. The van der Waals surface area contributed by atoms with Crippen LogP contribution in [0.2, 0.25) is 0 Å². The van der Waals surface area contributed by atoms with Crippen LogP contribution in [-0.2, 0) is 13.0 Å². The Bertz CT molecular complexity index is 908. The van der Waals surface area contributed by atoms with Crippen LogP contribution in [-0.4, -0.2) is 26.0 Å². The predicted molar refractivity (Wildman–Crippen MR) is 85.7 cm³/mol. The van der Waals surface area contributed by atoms with E-state index in [-0.39, 0.29) is 5.56 Å². The van der Waals surface area contributed by atoms with Gasteiger partial charge in [0.05, 0.1) is 18.3 Å². The molecule has 22 heavy (non-hydrogen) atoms. The predicted octanol–water partition coefficient (Wildman–Crippen LogP) is 2.33. The van der Waals surface area contributed by atoms with Gasteiger partial charge in [-0.25, -0.2) is 4.98 Å². The Hall–Kier alpha value is -2.37. The highest BCUT2D eigenvalue weighted by Gasteiger charge is 2.18. The van der Waals surface area contributed by atoms with E-state index in [1.165, 1.54) is 0 Å². The molecular weight excluding hydrogens is 280 g/mol. The number of aryl methyl sites for hydroxylation is 3. The van der Waals surface area contributed by atoms with Crippen molar-refractivity contribution in [2.45, 2.75) is 40.2 Å². The third kappa shape index (κ3) is 1.98. The molecule has 0 spiro atoms. The summed E-state index contributed by atoms with van der Waals surface area (Å²) < 4.78 is 8.91. The number of imidazole rings is 1. The lowest BCUT2D eigenvalue weighted by Gasteiger charge is -2.12. The summed E-state index contributed by atoms with van der Waals surface area (Å²) >= 11 is 0. The van der Waals surface area contributed by atoms with Crippen molar-refractivity contribution in [2.75, 3.05) is 7.11 Å². The molecule has 3 heterocycles. The number of ether oxygens (including phenoxy) is 1. The van der Waals surface area contributed by atoms with E-state index >= 15 is 0 Å². The van der Waals surface area contributed by atoms with Gasteiger partial charge in [-0.3, -0.25) is 9.20 Å². The van der Waals surface area contributed by atoms with E-state index in [1.54, 1.807) is 17.7 Å². The minimum absolute atomic E-state index is 0.00832. The summed E-state index contributed by atoms with van der Waals surface area (Å²) in [5.41, 5.74) is 2.88. The fraction of sp³-hybridized carbons (Fsp3) is 0.438. The molecule has 0 saturated carbocycles. The average molecular weight is 300 g/mol. The molecule has 0 aliphatic carbocycles. The molecule has 0 aromatic carbocycles. The Labute approximate surface area is 128 Å². The van der Waals surface area contributed by atoms with Crippen molar-refractivity contribution in [3.63, 3.8) is 0 Å². The van der Waals surface area contributed by atoms with Crippen LogP contribution >= 0.6 is 0 Å². The Morgan fingerprint density at radius 3 is 2.64 bits per heavy atom. The topological polar surface area (TPSA) is 61.4 Å². The molecule has 0 radical (unpaired) electrons. The van der Waals surface area contributed by atoms with Gasteiger partial charge in [0, 0.05) is 19.0 Å². The molecule has 0 unspecified atom stereocenters. The van der Waals surface area contributed by atoms with E-state index in [0.717, 1.165) is 35.5 Å². The molecule has 6 nitrogen and oxygen atoms in total. The molecule has 0 N–H and O–H groups in total. The maximum absolute atomic E-state index is 12.9. The van der Waals surface area contributed by atoms with Crippen LogP contribution in [0.3, 0.4) is 0 Å². The van der Waals surface area contributed by atoms with Crippen LogP contribution in [0.4, 0.5) is 0 Å². The largest absolute Gasteiger partial charge is 0.481 e. The SMILES string of the molecule is CCCn1c(=O)c2c(C)nc(CC)n2c2nc(OC)ccc21. The fourth-order valence-electron chi connectivity index (χ4n) is 2.90. The number of hydrogen-bond acceptors (Lipinski definition) is 4. The van der Waals surface area contributed by atoms with E-state index in [9.17, 15) is 4.79 Å². The Kier molecular flexibility index (Phi) is 3.60. The molecule has 0 saturated heterocycles. The first-order valence-electron chi connectivity index (χ1n) is 7.57. The quantitative estimate of drug-likeness (QED) is 0.742. The summed E-state index contributed by atoms with van der Waals surface area (Å²) in [6, 6.07) is 3.68. The summed E-state index contributed by atoms with van der Waals surface area (Å²) in [6.45, 7) is 6.61. The molecule has 0 aliphatic rings. The van der Waals surface area contributed by atoms with Crippen LogP contribution in [0.5, 0.6) is 5.88 Å². The third-order valence-corrected chi connectivity index (χ3v) is 3.87. The van der Waals surface area contributed by atoms with E-state index in [0.29, 0.717) is 17.9 Å². The van der Waals surface area contributed by atoms with Gasteiger partial charge >= 0.3 is 0 Å². The van der Waals surface area contributed by atoms with Crippen molar-refractivity contribution >= 4 is 16.7 Å². The third-order valence-electron chi connectivity index (χ3n) is 3.87. The van der Waals surface area contributed by atoms with Gasteiger partial charge < -0.3 is 9.30 Å². The fourth-order valence-corrected chi connectivity index (χ4v) is 2.90. The van der Waals surface area contributed by atoms with Crippen LogP contribution in [0.1, 0.15) is 31.8 Å². The maximum Gasteiger partial charge on any atom is 0.277 e. The molecule has 3 rings (SSSR count). The van der Waals surface area contributed by atoms with Gasteiger partial charge in [0.15, 0.2) is 5.65 Å². The summed E-state index contributed by atoms with van der Waals surface area (Å²) in [6.07, 6.45) is 1.62. The van der Waals surface area contributed by atoms with E-state index in [4.69, 9.17) is 4.74 Å². The standard InChI is InChI=1S/C16H20N4O2/c1-5-9-19-11-7-8-13(22-4)18-15(11)20-12(6-2)17-10(3)14(20)16(19)21/h7-8H,5-6,9H2,1-4H3. The lowest BCUT2D eigenvalue weighted by Crippen LogP contribution is -2.24. The molecule has 0 aliphatic heterocycles. The number of fused-ring (bicyclic) bond motifs is 3. The summed E-state index contributed by atoms with van der Waals surface area (Å²) in [5.74, 6) is 1.38. The van der Waals surface area contributed by atoms with Gasteiger partial charge in [-0.05, 0) is 19.4 Å². The van der Waals surface area contributed by atoms with Crippen LogP contribution < -0.4 is 10.3 Å². The van der Waals surface area contributed by atoms with Crippen molar-refractivity contribution in [1.29, 1.82) is 0 Å². The zero-order valence-corrected chi connectivity index (χ0v) is 13.4. The number of hydrogen-bond donors (Lipinski definition) is 0. The Morgan fingerprint density at radius 2 is 2.00 bits per heavy atom. The summed E-state index contributed by atoms with van der Waals surface area (Å²) in [7, 11) is 1.59. The second-order valence-electron chi connectivity index (χ2n) is 5.30. The van der Waals surface area contributed by atoms with Gasteiger partial charge in [0.1, 0.15) is 11.3 Å². The molecule has 0 amide bonds. The highest BCUT2D eigenvalue weighted by Crippen LogP contribution is 2.20.